The highest BCUT2D eigenvalue weighted by atomic mass is 16.7. The summed E-state index contributed by atoms with van der Waals surface area (Å²) in [7, 11) is 1.99. The van der Waals surface area contributed by atoms with Crippen molar-refractivity contribution in [3.05, 3.63) is 12.2 Å². The lowest BCUT2D eigenvalue weighted by molar-refractivity contribution is -0.244. The second-order valence-corrected chi connectivity index (χ2v) is 9.56. The highest BCUT2D eigenvalue weighted by Crippen LogP contribution is 2.67. The minimum atomic E-state index is -0.310. The zero-order valence-electron chi connectivity index (χ0n) is 15.8. The monoisotopic (exact) mass is 345 g/mol. The third-order valence-electron chi connectivity index (χ3n) is 8.93. The summed E-state index contributed by atoms with van der Waals surface area (Å²) in [5.74, 6) is 1.97. The number of carbonyl (C=O) groups excluding carboxylic acids is 1. The first-order valence-corrected chi connectivity index (χ1v) is 10.2. The van der Waals surface area contributed by atoms with Crippen LogP contribution in [0.2, 0.25) is 0 Å². The summed E-state index contributed by atoms with van der Waals surface area (Å²) in [6.07, 6.45) is 11.2. The Hall–Kier alpha value is -0.870. The summed E-state index contributed by atoms with van der Waals surface area (Å²) >= 11 is 0. The summed E-state index contributed by atoms with van der Waals surface area (Å²) in [6, 6.07) is 0.366. The number of hydrogen-bond donors (Lipinski definition) is 0. The predicted molar refractivity (Wildman–Crippen MR) is 94.7 cm³/mol. The SMILES string of the molecule is CN1C(=O)C=CC2(C)C3CCC4(C)C(CCC45OCCO5)C3CCC12. The maximum Gasteiger partial charge on any atom is 0.246 e. The maximum atomic E-state index is 12.2. The third kappa shape index (κ3) is 1.88. The molecule has 0 N–H and O–H groups in total. The smallest absolute Gasteiger partial charge is 0.246 e. The summed E-state index contributed by atoms with van der Waals surface area (Å²) < 4.78 is 12.5. The fraction of sp³-hybridized carbons (Fsp3) is 0.857. The number of likely N-dealkylation sites (N-methyl/N-ethyl adjacent to an activating group) is 1. The molecule has 0 aromatic carbocycles. The van der Waals surface area contributed by atoms with Gasteiger partial charge in [-0.3, -0.25) is 4.79 Å². The van der Waals surface area contributed by atoms with E-state index in [0.29, 0.717) is 17.9 Å². The normalized spacial score (nSPS) is 50.7. The van der Waals surface area contributed by atoms with E-state index in [4.69, 9.17) is 9.47 Å². The minimum Gasteiger partial charge on any atom is -0.347 e. The van der Waals surface area contributed by atoms with Crippen molar-refractivity contribution in [1.82, 2.24) is 4.90 Å². The van der Waals surface area contributed by atoms with E-state index in [0.717, 1.165) is 32.0 Å². The molecule has 6 atom stereocenters. The molecular formula is C21H31NO3. The molecule has 1 amide bonds. The summed E-state index contributed by atoms with van der Waals surface area (Å²) in [6.45, 7) is 6.36. The molecule has 138 valence electrons. The molecule has 5 aliphatic rings. The predicted octanol–water partition coefficient (Wildman–Crippen LogP) is 3.37. The Kier molecular flexibility index (Phi) is 3.33. The van der Waals surface area contributed by atoms with E-state index in [1.165, 1.54) is 25.7 Å². The maximum absolute atomic E-state index is 12.2. The number of carbonyl (C=O) groups is 1. The second-order valence-electron chi connectivity index (χ2n) is 9.56. The average molecular weight is 345 g/mol. The van der Waals surface area contributed by atoms with E-state index in [2.05, 4.69) is 19.9 Å². The van der Waals surface area contributed by atoms with Gasteiger partial charge in [0.15, 0.2) is 5.79 Å². The van der Waals surface area contributed by atoms with Gasteiger partial charge in [0.1, 0.15) is 0 Å². The Labute approximate surface area is 150 Å². The zero-order chi connectivity index (χ0) is 17.4. The van der Waals surface area contributed by atoms with Gasteiger partial charge in [-0.1, -0.05) is 19.9 Å². The van der Waals surface area contributed by atoms with Gasteiger partial charge in [0.05, 0.1) is 13.2 Å². The van der Waals surface area contributed by atoms with Crippen LogP contribution in [0.4, 0.5) is 0 Å². The van der Waals surface area contributed by atoms with Crippen LogP contribution in [0.3, 0.4) is 0 Å². The van der Waals surface area contributed by atoms with Crippen LogP contribution in [0.1, 0.15) is 52.4 Å². The van der Waals surface area contributed by atoms with Gasteiger partial charge >= 0.3 is 0 Å². The molecule has 4 fully saturated rings. The molecule has 4 nitrogen and oxygen atoms in total. The Morgan fingerprint density at radius 2 is 1.76 bits per heavy atom. The van der Waals surface area contributed by atoms with E-state index in [1.807, 2.05) is 18.0 Å². The van der Waals surface area contributed by atoms with Crippen LogP contribution in [0.5, 0.6) is 0 Å². The molecule has 3 saturated carbocycles. The fourth-order valence-corrected chi connectivity index (χ4v) is 7.62. The van der Waals surface area contributed by atoms with Gasteiger partial charge in [-0.15, -0.1) is 0 Å². The van der Waals surface area contributed by atoms with Crippen molar-refractivity contribution in [1.29, 1.82) is 0 Å². The van der Waals surface area contributed by atoms with E-state index < -0.39 is 0 Å². The Morgan fingerprint density at radius 3 is 2.52 bits per heavy atom. The number of ether oxygens (including phenoxy) is 2. The molecule has 1 saturated heterocycles. The molecular weight excluding hydrogens is 314 g/mol. The first-order valence-electron chi connectivity index (χ1n) is 10.2. The van der Waals surface area contributed by atoms with Gasteiger partial charge in [0, 0.05) is 30.3 Å². The number of nitrogens with zero attached hydrogens (tertiary/aromatic N) is 1. The van der Waals surface area contributed by atoms with Gasteiger partial charge in [-0.2, -0.15) is 0 Å². The third-order valence-corrected chi connectivity index (χ3v) is 8.93. The molecule has 0 aromatic rings. The molecule has 6 unspecified atom stereocenters. The van der Waals surface area contributed by atoms with Crippen LogP contribution in [-0.2, 0) is 14.3 Å². The van der Waals surface area contributed by atoms with E-state index in [9.17, 15) is 4.79 Å². The van der Waals surface area contributed by atoms with Crippen molar-refractivity contribution in [2.24, 2.45) is 28.6 Å². The van der Waals surface area contributed by atoms with Crippen LogP contribution in [0.15, 0.2) is 12.2 Å². The lowest BCUT2D eigenvalue weighted by atomic mass is 9.48. The molecule has 4 heteroatoms. The van der Waals surface area contributed by atoms with E-state index in [-0.39, 0.29) is 22.5 Å². The van der Waals surface area contributed by atoms with E-state index in [1.54, 1.807) is 0 Å². The Bertz CT molecular complexity index is 625. The van der Waals surface area contributed by atoms with Crippen molar-refractivity contribution >= 4 is 5.91 Å². The Balaban J connectivity index is 1.50. The molecule has 2 heterocycles. The van der Waals surface area contributed by atoms with Crippen molar-refractivity contribution in [3.8, 4) is 0 Å². The van der Waals surface area contributed by atoms with Crippen LogP contribution in [0.25, 0.3) is 0 Å². The number of amides is 1. The van der Waals surface area contributed by atoms with Crippen LogP contribution in [0, 0.1) is 28.6 Å². The zero-order valence-corrected chi connectivity index (χ0v) is 15.8. The van der Waals surface area contributed by atoms with Crippen LogP contribution >= 0.6 is 0 Å². The van der Waals surface area contributed by atoms with Gasteiger partial charge < -0.3 is 14.4 Å². The molecule has 5 rings (SSSR count). The summed E-state index contributed by atoms with van der Waals surface area (Å²) in [5.41, 5.74) is 0.286. The van der Waals surface area contributed by atoms with Crippen molar-refractivity contribution in [3.63, 3.8) is 0 Å². The quantitative estimate of drug-likeness (QED) is 0.676. The first kappa shape index (κ1) is 16.3. The van der Waals surface area contributed by atoms with Crippen LogP contribution in [-0.4, -0.2) is 42.9 Å². The van der Waals surface area contributed by atoms with Crippen molar-refractivity contribution in [2.45, 2.75) is 64.2 Å². The summed E-state index contributed by atoms with van der Waals surface area (Å²) in [4.78, 5) is 14.2. The van der Waals surface area contributed by atoms with Crippen LogP contribution < -0.4 is 0 Å². The van der Waals surface area contributed by atoms with Gasteiger partial charge in [-0.25, -0.2) is 0 Å². The molecule has 0 bridgehead atoms. The van der Waals surface area contributed by atoms with Gasteiger partial charge in [-0.05, 0) is 55.9 Å². The minimum absolute atomic E-state index is 0.125. The highest BCUT2D eigenvalue weighted by molar-refractivity contribution is 5.89. The number of fused-ring (bicyclic) bond motifs is 6. The number of rotatable bonds is 0. The standard InChI is InChI=1S/C21H31NO3/c1-19-9-8-18(23)22(3)17(19)5-4-14-15(19)6-10-20(2)16(14)7-11-21(20)24-12-13-25-21/h8-9,14-17H,4-7,10-13H2,1-3H3. The molecule has 3 aliphatic carbocycles. The highest BCUT2D eigenvalue weighted by Gasteiger charge is 2.67. The molecule has 0 aromatic heterocycles. The lowest BCUT2D eigenvalue weighted by Crippen LogP contribution is -2.61. The lowest BCUT2D eigenvalue weighted by Gasteiger charge is -2.60. The fourth-order valence-electron chi connectivity index (χ4n) is 7.62. The average Bonchev–Trinajstić information content (AvgIpc) is 3.18. The summed E-state index contributed by atoms with van der Waals surface area (Å²) in [5, 5.41) is 0. The molecule has 0 radical (unpaired) electrons. The topological polar surface area (TPSA) is 38.8 Å². The molecule has 25 heavy (non-hydrogen) atoms. The molecule has 1 spiro atoms. The van der Waals surface area contributed by atoms with Crippen molar-refractivity contribution < 1.29 is 14.3 Å². The van der Waals surface area contributed by atoms with Gasteiger partial charge in [0.25, 0.3) is 0 Å². The van der Waals surface area contributed by atoms with E-state index >= 15 is 0 Å². The molecule has 2 aliphatic heterocycles. The number of hydrogen-bond acceptors (Lipinski definition) is 3. The largest absolute Gasteiger partial charge is 0.347 e. The van der Waals surface area contributed by atoms with Crippen molar-refractivity contribution in [2.75, 3.05) is 20.3 Å². The first-order chi connectivity index (χ1) is 11.9. The van der Waals surface area contributed by atoms with Gasteiger partial charge in [0.2, 0.25) is 5.91 Å². The second kappa shape index (κ2) is 5.10. The Morgan fingerprint density at radius 1 is 1.04 bits per heavy atom.